The van der Waals surface area contributed by atoms with E-state index in [9.17, 15) is 10.1 Å². The molecule has 0 unspecified atom stereocenters. The van der Waals surface area contributed by atoms with Crippen molar-refractivity contribution < 1.29 is 19.0 Å². The normalized spacial score (nSPS) is 20.2. The SMILES string of the molecule is COc1ccc([C@@H]2C(C#N)=C(N)OC3=C2C(=O)CCC3)cc1OC. The largest absolute Gasteiger partial charge is 0.493 e. The molecule has 0 fully saturated rings. The Labute approximate surface area is 140 Å². The van der Waals surface area contributed by atoms with E-state index >= 15 is 0 Å². The molecule has 3 rings (SSSR count). The molecule has 24 heavy (non-hydrogen) atoms. The van der Waals surface area contributed by atoms with Crippen molar-refractivity contribution in [3.8, 4) is 17.6 Å². The Morgan fingerprint density at radius 3 is 2.67 bits per heavy atom. The van der Waals surface area contributed by atoms with E-state index in [0.29, 0.717) is 35.7 Å². The monoisotopic (exact) mass is 326 g/mol. The molecule has 2 aliphatic rings. The summed E-state index contributed by atoms with van der Waals surface area (Å²) in [5.74, 6) is 1.20. The van der Waals surface area contributed by atoms with E-state index in [1.807, 2.05) is 6.07 Å². The molecule has 2 N–H and O–H groups in total. The Balaban J connectivity index is 2.17. The number of carbonyl (C=O) groups excluding carboxylic acids is 1. The van der Waals surface area contributed by atoms with Gasteiger partial charge in [-0.2, -0.15) is 5.26 Å². The molecule has 1 aliphatic carbocycles. The molecule has 0 spiro atoms. The summed E-state index contributed by atoms with van der Waals surface area (Å²) in [6.07, 6.45) is 1.82. The number of allylic oxidation sites excluding steroid dienone is 3. The highest BCUT2D eigenvalue weighted by Crippen LogP contribution is 2.44. The van der Waals surface area contributed by atoms with E-state index in [4.69, 9.17) is 19.9 Å². The maximum atomic E-state index is 12.5. The van der Waals surface area contributed by atoms with Gasteiger partial charge in [-0.1, -0.05) is 6.07 Å². The third kappa shape index (κ3) is 2.48. The molecule has 1 aromatic rings. The van der Waals surface area contributed by atoms with Gasteiger partial charge < -0.3 is 19.9 Å². The Hall–Kier alpha value is -2.94. The molecule has 0 saturated carbocycles. The number of ether oxygens (including phenoxy) is 3. The Bertz CT molecular complexity index is 802. The number of hydrogen-bond acceptors (Lipinski definition) is 6. The van der Waals surface area contributed by atoms with Gasteiger partial charge in [0.1, 0.15) is 17.4 Å². The quantitative estimate of drug-likeness (QED) is 0.917. The zero-order chi connectivity index (χ0) is 17.3. The number of hydrogen-bond donors (Lipinski definition) is 1. The summed E-state index contributed by atoms with van der Waals surface area (Å²) >= 11 is 0. The lowest BCUT2D eigenvalue weighted by Gasteiger charge is -2.31. The zero-order valence-electron chi connectivity index (χ0n) is 13.6. The number of nitriles is 1. The van der Waals surface area contributed by atoms with E-state index < -0.39 is 5.92 Å². The van der Waals surface area contributed by atoms with Crippen LogP contribution in [0.2, 0.25) is 0 Å². The number of nitrogens with zero attached hydrogens (tertiary/aromatic N) is 1. The fourth-order valence-electron chi connectivity index (χ4n) is 3.22. The molecule has 124 valence electrons. The summed E-state index contributed by atoms with van der Waals surface area (Å²) in [7, 11) is 3.09. The lowest BCUT2D eigenvalue weighted by Crippen LogP contribution is -2.27. The van der Waals surface area contributed by atoms with Crippen LogP contribution in [0, 0.1) is 11.3 Å². The molecule has 0 radical (unpaired) electrons. The van der Waals surface area contributed by atoms with Crippen LogP contribution in [0.25, 0.3) is 0 Å². The molecule has 1 heterocycles. The zero-order valence-corrected chi connectivity index (χ0v) is 13.6. The van der Waals surface area contributed by atoms with Crippen LogP contribution in [0.5, 0.6) is 11.5 Å². The maximum absolute atomic E-state index is 12.5. The molecule has 0 amide bonds. The summed E-state index contributed by atoms with van der Waals surface area (Å²) < 4.78 is 16.1. The molecule has 0 saturated heterocycles. The maximum Gasteiger partial charge on any atom is 0.205 e. The number of carbonyl (C=O) groups is 1. The second kappa shape index (κ2) is 6.28. The first-order valence-corrected chi connectivity index (χ1v) is 7.66. The number of methoxy groups -OCH3 is 2. The average molecular weight is 326 g/mol. The van der Waals surface area contributed by atoms with E-state index in [0.717, 1.165) is 12.0 Å². The van der Waals surface area contributed by atoms with Gasteiger partial charge in [-0.15, -0.1) is 0 Å². The number of Topliss-reactive ketones (excluding diaryl/α,β-unsaturated/α-hetero) is 1. The molecule has 6 nitrogen and oxygen atoms in total. The standard InChI is InChI=1S/C18H18N2O4/c1-22-13-7-6-10(8-15(13)23-2)16-11(9-19)18(20)24-14-5-3-4-12(21)17(14)16/h6-8,16H,3-5,20H2,1-2H3/t16-/m1/s1. The first-order chi connectivity index (χ1) is 11.6. The van der Waals surface area contributed by atoms with Crippen molar-refractivity contribution in [2.45, 2.75) is 25.2 Å². The minimum absolute atomic E-state index is 0.00344. The van der Waals surface area contributed by atoms with Crippen LogP contribution in [0.15, 0.2) is 41.0 Å². The molecule has 0 bridgehead atoms. The van der Waals surface area contributed by atoms with Gasteiger partial charge in [0, 0.05) is 18.4 Å². The van der Waals surface area contributed by atoms with Crippen LogP contribution < -0.4 is 15.2 Å². The molecule has 1 aromatic carbocycles. The summed E-state index contributed by atoms with van der Waals surface area (Å²) in [6, 6.07) is 7.43. The minimum atomic E-state index is -0.536. The number of benzene rings is 1. The molecule has 1 aliphatic heterocycles. The van der Waals surface area contributed by atoms with Crippen molar-refractivity contribution in [3.63, 3.8) is 0 Å². The van der Waals surface area contributed by atoms with Crippen molar-refractivity contribution in [3.05, 3.63) is 46.6 Å². The fourth-order valence-corrected chi connectivity index (χ4v) is 3.22. The van der Waals surface area contributed by atoms with Gasteiger partial charge in [0.15, 0.2) is 17.3 Å². The fraction of sp³-hybridized carbons (Fsp3) is 0.333. The lowest BCUT2D eigenvalue weighted by molar-refractivity contribution is -0.116. The topological polar surface area (TPSA) is 94.6 Å². The highest BCUT2D eigenvalue weighted by atomic mass is 16.5. The van der Waals surface area contributed by atoms with Gasteiger partial charge in [0.25, 0.3) is 0 Å². The van der Waals surface area contributed by atoms with Gasteiger partial charge in [-0.05, 0) is 24.1 Å². The van der Waals surface area contributed by atoms with E-state index in [-0.39, 0.29) is 17.2 Å². The molecular formula is C18H18N2O4. The van der Waals surface area contributed by atoms with Crippen LogP contribution >= 0.6 is 0 Å². The summed E-state index contributed by atoms with van der Waals surface area (Å²) in [5, 5.41) is 9.54. The Kier molecular flexibility index (Phi) is 4.17. The van der Waals surface area contributed by atoms with Gasteiger partial charge >= 0.3 is 0 Å². The van der Waals surface area contributed by atoms with Gasteiger partial charge in [-0.25, -0.2) is 0 Å². The van der Waals surface area contributed by atoms with E-state index in [2.05, 4.69) is 6.07 Å². The highest BCUT2D eigenvalue weighted by Gasteiger charge is 2.38. The van der Waals surface area contributed by atoms with Gasteiger partial charge in [0.2, 0.25) is 5.88 Å². The van der Waals surface area contributed by atoms with Crippen LogP contribution in [0.1, 0.15) is 30.7 Å². The predicted octanol–water partition coefficient (Wildman–Crippen LogP) is 2.52. The third-order valence-corrected chi connectivity index (χ3v) is 4.35. The molecule has 1 atom stereocenters. The summed E-state index contributed by atoms with van der Waals surface area (Å²) in [4.78, 5) is 12.5. The first-order valence-electron chi connectivity index (χ1n) is 7.66. The van der Waals surface area contributed by atoms with Crippen LogP contribution in [0.4, 0.5) is 0 Å². The van der Waals surface area contributed by atoms with Crippen LogP contribution in [0.3, 0.4) is 0 Å². The third-order valence-electron chi connectivity index (χ3n) is 4.35. The van der Waals surface area contributed by atoms with E-state index in [1.165, 1.54) is 7.11 Å². The van der Waals surface area contributed by atoms with Crippen molar-refractivity contribution in [1.82, 2.24) is 0 Å². The predicted molar refractivity (Wildman–Crippen MR) is 86.1 cm³/mol. The Morgan fingerprint density at radius 1 is 1.25 bits per heavy atom. The molecular weight excluding hydrogens is 308 g/mol. The van der Waals surface area contributed by atoms with Crippen molar-refractivity contribution >= 4 is 5.78 Å². The summed E-state index contributed by atoms with van der Waals surface area (Å²) in [5.41, 5.74) is 7.45. The van der Waals surface area contributed by atoms with Gasteiger partial charge in [-0.3, -0.25) is 4.79 Å². The second-order valence-corrected chi connectivity index (χ2v) is 5.65. The second-order valence-electron chi connectivity index (χ2n) is 5.65. The minimum Gasteiger partial charge on any atom is -0.493 e. The molecule has 6 heteroatoms. The number of ketones is 1. The first kappa shape index (κ1) is 15.9. The smallest absolute Gasteiger partial charge is 0.205 e. The molecule has 0 aromatic heterocycles. The lowest BCUT2D eigenvalue weighted by atomic mass is 9.77. The van der Waals surface area contributed by atoms with Crippen molar-refractivity contribution in [1.29, 1.82) is 5.26 Å². The highest BCUT2D eigenvalue weighted by molar-refractivity contribution is 5.99. The van der Waals surface area contributed by atoms with E-state index in [1.54, 1.807) is 19.2 Å². The number of nitrogens with two attached hydrogens (primary N) is 1. The van der Waals surface area contributed by atoms with Crippen molar-refractivity contribution in [2.24, 2.45) is 5.73 Å². The van der Waals surface area contributed by atoms with Gasteiger partial charge in [0.05, 0.1) is 20.1 Å². The average Bonchev–Trinajstić information content (AvgIpc) is 2.60. The summed E-state index contributed by atoms with van der Waals surface area (Å²) in [6.45, 7) is 0. The van der Waals surface area contributed by atoms with Crippen molar-refractivity contribution in [2.75, 3.05) is 14.2 Å². The number of rotatable bonds is 3. The Morgan fingerprint density at radius 2 is 2.00 bits per heavy atom. The van der Waals surface area contributed by atoms with Crippen LogP contribution in [-0.2, 0) is 9.53 Å². The van der Waals surface area contributed by atoms with Crippen LogP contribution in [-0.4, -0.2) is 20.0 Å².